The first-order chi connectivity index (χ1) is 19.9. The van der Waals surface area contributed by atoms with Crippen molar-refractivity contribution in [1.82, 2.24) is 24.3 Å². The number of hydrogen-bond donors (Lipinski definition) is 0. The maximum Gasteiger partial charge on any atom is 0.573 e. The van der Waals surface area contributed by atoms with Crippen LogP contribution in [0.5, 0.6) is 5.75 Å². The smallest absolute Gasteiger partial charge is 0.406 e. The lowest BCUT2D eigenvalue weighted by Crippen LogP contribution is -2.62. The third-order valence-corrected chi connectivity index (χ3v) is 8.53. The summed E-state index contributed by atoms with van der Waals surface area (Å²) in [5, 5.41) is 9.52. The average molecular weight is 584 g/mol. The summed E-state index contributed by atoms with van der Waals surface area (Å²) < 4.78 is 43.8. The maximum atomic E-state index is 13.0. The van der Waals surface area contributed by atoms with Crippen LogP contribution in [0.2, 0.25) is 0 Å². The Labute approximate surface area is 243 Å². The van der Waals surface area contributed by atoms with Gasteiger partial charge in [0.2, 0.25) is 0 Å². The van der Waals surface area contributed by atoms with Crippen LogP contribution in [0.1, 0.15) is 31.1 Å². The van der Waals surface area contributed by atoms with E-state index in [1.54, 1.807) is 41.9 Å². The number of aryl methyl sites for hydroxylation is 1. The Hall–Kier alpha value is -3.66. The molecule has 0 bridgehead atoms. The number of fused-ring (bicyclic) bond motifs is 1. The normalized spacial score (nSPS) is 21.8. The number of halogens is 3. The van der Waals surface area contributed by atoms with E-state index in [0.29, 0.717) is 29.8 Å². The number of benzene rings is 1. The highest BCUT2D eigenvalue weighted by Gasteiger charge is 2.37. The van der Waals surface area contributed by atoms with Gasteiger partial charge < -0.3 is 19.1 Å². The first-order valence-electron chi connectivity index (χ1n) is 14.1. The standard InChI is InChI=1S/C30H36F3N7O2/c1-20-17-40(21(2)22-5-8-25(9-6-22)42-30(31,32)33)24(18-38-13-11-36(3)12-14-38)19-39(20)27-15-28(41)37(4)26-10-7-23(16-34)35-29(26)27/h5-10,15,20-21,24H,11-14,17-19H2,1-4H3/t20-,21?,24?/m0/s1. The van der Waals surface area contributed by atoms with Crippen molar-refractivity contribution in [1.29, 1.82) is 5.26 Å². The Balaban J connectivity index is 1.48. The molecule has 0 amide bonds. The maximum absolute atomic E-state index is 13.0. The van der Waals surface area contributed by atoms with E-state index < -0.39 is 6.36 Å². The Kier molecular flexibility index (Phi) is 8.46. The summed E-state index contributed by atoms with van der Waals surface area (Å²) in [4.78, 5) is 27.0. The summed E-state index contributed by atoms with van der Waals surface area (Å²) in [6.45, 7) is 10.1. The molecular weight excluding hydrogens is 547 g/mol. The largest absolute Gasteiger partial charge is 0.573 e. The predicted molar refractivity (Wildman–Crippen MR) is 154 cm³/mol. The molecule has 0 aliphatic carbocycles. The van der Waals surface area contributed by atoms with Crippen molar-refractivity contribution in [2.45, 2.75) is 38.3 Å². The molecule has 1 aromatic carbocycles. The van der Waals surface area contributed by atoms with E-state index in [2.05, 4.69) is 56.3 Å². The zero-order valence-corrected chi connectivity index (χ0v) is 24.3. The number of alkyl halides is 3. The van der Waals surface area contributed by atoms with Crippen LogP contribution in [0.25, 0.3) is 11.0 Å². The van der Waals surface area contributed by atoms with E-state index in [1.165, 1.54) is 12.1 Å². The molecule has 9 nitrogen and oxygen atoms in total. The molecule has 12 heteroatoms. The quantitative estimate of drug-likeness (QED) is 0.436. The van der Waals surface area contributed by atoms with Crippen LogP contribution in [0.15, 0.2) is 47.3 Å². The molecule has 0 spiro atoms. The van der Waals surface area contributed by atoms with Crippen LogP contribution in [-0.2, 0) is 7.05 Å². The van der Waals surface area contributed by atoms with E-state index in [9.17, 15) is 23.2 Å². The second-order valence-corrected chi connectivity index (χ2v) is 11.4. The summed E-state index contributed by atoms with van der Waals surface area (Å²) >= 11 is 0. The number of pyridine rings is 2. The lowest BCUT2D eigenvalue weighted by atomic mass is 9.98. The van der Waals surface area contributed by atoms with Crippen molar-refractivity contribution < 1.29 is 17.9 Å². The van der Waals surface area contributed by atoms with Gasteiger partial charge in [-0.2, -0.15) is 5.26 Å². The van der Waals surface area contributed by atoms with Gasteiger partial charge in [0.05, 0.1) is 11.2 Å². The highest BCUT2D eigenvalue weighted by Crippen LogP contribution is 2.34. The first kappa shape index (κ1) is 29.8. The van der Waals surface area contributed by atoms with Gasteiger partial charge in [-0.15, -0.1) is 13.2 Å². The van der Waals surface area contributed by atoms with Crippen molar-refractivity contribution >= 4 is 16.7 Å². The Bertz CT molecular complexity index is 1510. The molecule has 42 heavy (non-hydrogen) atoms. The van der Waals surface area contributed by atoms with E-state index in [4.69, 9.17) is 0 Å². The van der Waals surface area contributed by atoms with Gasteiger partial charge in [0.1, 0.15) is 23.0 Å². The minimum atomic E-state index is -4.74. The number of nitriles is 1. The predicted octanol–water partition coefficient (Wildman–Crippen LogP) is 3.59. The lowest BCUT2D eigenvalue weighted by Gasteiger charge is -2.50. The van der Waals surface area contributed by atoms with E-state index in [-0.39, 0.29) is 35.1 Å². The van der Waals surface area contributed by atoms with Crippen LogP contribution in [-0.4, -0.2) is 95.6 Å². The minimum Gasteiger partial charge on any atom is -0.406 e. The molecule has 4 heterocycles. The third kappa shape index (κ3) is 6.38. The monoisotopic (exact) mass is 583 g/mol. The average Bonchev–Trinajstić information content (AvgIpc) is 2.96. The summed E-state index contributed by atoms with van der Waals surface area (Å²) in [6.07, 6.45) is -4.74. The molecule has 0 saturated carbocycles. The second kappa shape index (κ2) is 11.9. The van der Waals surface area contributed by atoms with Gasteiger partial charge in [0.15, 0.2) is 0 Å². The highest BCUT2D eigenvalue weighted by atomic mass is 19.4. The van der Waals surface area contributed by atoms with Crippen molar-refractivity contribution in [3.05, 3.63) is 64.1 Å². The summed E-state index contributed by atoms with van der Waals surface area (Å²) in [7, 11) is 3.82. The van der Waals surface area contributed by atoms with Crippen LogP contribution >= 0.6 is 0 Å². The topological polar surface area (TPSA) is 80.9 Å². The van der Waals surface area contributed by atoms with Crippen molar-refractivity contribution in [3.8, 4) is 11.8 Å². The molecule has 2 aromatic heterocycles. The Morgan fingerprint density at radius 1 is 1.07 bits per heavy atom. The number of piperazine rings is 2. The van der Waals surface area contributed by atoms with Crippen LogP contribution < -0.4 is 15.2 Å². The number of aromatic nitrogens is 2. The van der Waals surface area contributed by atoms with Gasteiger partial charge in [0.25, 0.3) is 5.56 Å². The van der Waals surface area contributed by atoms with Gasteiger partial charge in [0, 0.05) is 77.1 Å². The van der Waals surface area contributed by atoms with Crippen LogP contribution in [0.3, 0.4) is 0 Å². The van der Waals surface area contributed by atoms with Crippen LogP contribution in [0.4, 0.5) is 18.9 Å². The minimum absolute atomic E-state index is 0.00752. The second-order valence-electron chi connectivity index (χ2n) is 11.4. The van der Waals surface area contributed by atoms with Gasteiger partial charge in [-0.05, 0) is 50.7 Å². The Morgan fingerprint density at radius 2 is 1.76 bits per heavy atom. The van der Waals surface area contributed by atoms with Gasteiger partial charge in [-0.1, -0.05) is 12.1 Å². The molecule has 2 saturated heterocycles. The number of hydrogen-bond acceptors (Lipinski definition) is 8. The number of nitrogens with zero attached hydrogens (tertiary/aromatic N) is 7. The number of ether oxygens (including phenoxy) is 1. The fourth-order valence-corrected chi connectivity index (χ4v) is 6.10. The summed E-state index contributed by atoms with van der Waals surface area (Å²) in [6, 6.07) is 13.2. The lowest BCUT2D eigenvalue weighted by molar-refractivity contribution is -0.274. The molecule has 2 unspecified atom stereocenters. The molecule has 2 fully saturated rings. The third-order valence-electron chi connectivity index (χ3n) is 8.53. The molecule has 0 N–H and O–H groups in total. The van der Waals surface area contributed by atoms with E-state index in [1.807, 2.05) is 0 Å². The zero-order chi connectivity index (χ0) is 30.2. The fourth-order valence-electron chi connectivity index (χ4n) is 6.10. The van der Waals surface area contributed by atoms with E-state index in [0.717, 1.165) is 38.3 Å². The molecule has 0 radical (unpaired) electrons. The van der Waals surface area contributed by atoms with Gasteiger partial charge in [-0.3, -0.25) is 14.6 Å². The zero-order valence-electron chi connectivity index (χ0n) is 24.3. The highest BCUT2D eigenvalue weighted by molar-refractivity contribution is 5.89. The molecule has 224 valence electrons. The first-order valence-corrected chi connectivity index (χ1v) is 14.1. The van der Waals surface area contributed by atoms with Crippen molar-refractivity contribution in [2.24, 2.45) is 7.05 Å². The fraction of sp³-hybridized carbons (Fsp3) is 0.500. The molecule has 3 atom stereocenters. The summed E-state index contributed by atoms with van der Waals surface area (Å²) in [5.74, 6) is -0.243. The Morgan fingerprint density at radius 3 is 2.40 bits per heavy atom. The molecule has 2 aliphatic heterocycles. The molecular formula is C30H36F3N7O2. The van der Waals surface area contributed by atoms with Crippen molar-refractivity contribution in [3.63, 3.8) is 0 Å². The molecule has 2 aliphatic rings. The van der Waals surface area contributed by atoms with Gasteiger partial charge in [-0.25, -0.2) is 4.98 Å². The molecule has 5 rings (SSSR count). The number of likely N-dealkylation sites (N-methyl/N-ethyl adjacent to an activating group) is 1. The van der Waals surface area contributed by atoms with Crippen LogP contribution in [0, 0.1) is 11.3 Å². The number of anilines is 1. The van der Waals surface area contributed by atoms with Gasteiger partial charge >= 0.3 is 6.36 Å². The molecule has 3 aromatic rings. The van der Waals surface area contributed by atoms with E-state index >= 15 is 0 Å². The number of rotatable bonds is 6. The summed E-state index contributed by atoms with van der Waals surface area (Å²) in [5.41, 5.74) is 3.02. The van der Waals surface area contributed by atoms with Crippen molar-refractivity contribution in [2.75, 3.05) is 57.8 Å². The SMILES string of the molecule is CC(c1ccc(OC(F)(F)F)cc1)N1C[C@H](C)N(c2cc(=O)n(C)c3ccc(C#N)nc23)CC1CN1CCN(C)CC1.